The highest BCUT2D eigenvalue weighted by Crippen LogP contribution is 2.18. The number of rotatable bonds is 7. The van der Waals surface area contributed by atoms with Gasteiger partial charge in [0.25, 0.3) is 0 Å². The number of hydrogen-bond acceptors (Lipinski definition) is 4. The van der Waals surface area contributed by atoms with Gasteiger partial charge in [-0.3, -0.25) is 9.59 Å². The Labute approximate surface area is 182 Å². The molecule has 2 aromatic carbocycles. The van der Waals surface area contributed by atoms with Crippen LogP contribution in [0, 0.1) is 0 Å². The molecule has 2 aromatic heterocycles. The van der Waals surface area contributed by atoms with Gasteiger partial charge in [0.05, 0.1) is 12.8 Å². The molecule has 0 saturated heterocycles. The molecular formula is C23H20ClN3O4. The Kier molecular flexibility index (Phi) is 6.06. The maximum Gasteiger partial charge on any atom is 0.244 e. The van der Waals surface area contributed by atoms with Crippen LogP contribution in [0.2, 0.25) is 5.02 Å². The molecule has 0 aliphatic rings. The Hall–Kier alpha value is -3.55. The summed E-state index contributed by atoms with van der Waals surface area (Å²) in [7, 11) is 0. The smallest absolute Gasteiger partial charge is 0.244 e. The van der Waals surface area contributed by atoms with Crippen molar-refractivity contribution in [1.29, 1.82) is 0 Å². The van der Waals surface area contributed by atoms with Gasteiger partial charge in [-0.2, -0.15) is 0 Å². The molecule has 158 valence electrons. The standard InChI is InChI=1S/C23H20ClN3O4/c24-17-3-1-2-15(8-17)14-31-22-11-27(19(13-28)10-21(22)29)12-23(30)26-18-4-5-20-16(9-18)6-7-25-20/h1-11,25,28H,12-14H2,(H,26,30). The van der Waals surface area contributed by atoms with Crippen LogP contribution in [-0.2, 0) is 24.6 Å². The third-order valence-corrected chi connectivity index (χ3v) is 5.01. The molecule has 0 unspecified atom stereocenters. The summed E-state index contributed by atoms with van der Waals surface area (Å²) in [5, 5.41) is 14.0. The molecule has 0 radical (unpaired) electrons. The molecular weight excluding hydrogens is 418 g/mol. The maximum absolute atomic E-state index is 12.6. The second-order valence-electron chi connectivity index (χ2n) is 7.03. The number of aromatic amines is 1. The first-order valence-electron chi connectivity index (χ1n) is 9.60. The molecule has 4 aromatic rings. The highest BCUT2D eigenvalue weighted by atomic mass is 35.5. The van der Waals surface area contributed by atoms with E-state index in [0.29, 0.717) is 16.4 Å². The molecule has 0 aliphatic heterocycles. The van der Waals surface area contributed by atoms with Crippen LogP contribution in [0.5, 0.6) is 5.75 Å². The number of nitrogens with zero attached hydrogens (tertiary/aromatic N) is 1. The van der Waals surface area contributed by atoms with Gasteiger partial charge in [0, 0.05) is 39.6 Å². The summed E-state index contributed by atoms with van der Waals surface area (Å²) in [6.45, 7) is -0.321. The summed E-state index contributed by atoms with van der Waals surface area (Å²) >= 11 is 5.98. The molecule has 0 atom stereocenters. The number of fused-ring (bicyclic) bond motifs is 1. The minimum atomic E-state index is -0.383. The van der Waals surface area contributed by atoms with Gasteiger partial charge in [-0.15, -0.1) is 0 Å². The first-order chi connectivity index (χ1) is 15.0. The number of amides is 1. The van der Waals surface area contributed by atoms with Gasteiger partial charge in [-0.1, -0.05) is 23.7 Å². The van der Waals surface area contributed by atoms with Crippen molar-refractivity contribution >= 4 is 34.1 Å². The van der Waals surface area contributed by atoms with Crippen LogP contribution in [0.25, 0.3) is 10.9 Å². The molecule has 0 fully saturated rings. The number of halogens is 1. The highest BCUT2D eigenvalue weighted by molar-refractivity contribution is 6.30. The zero-order valence-electron chi connectivity index (χ0n) is 16.5. The minimum absolute atomic E-state index is 0.0821. The lowest BCUT2D eigenvalue weighted by atomic mass is 10.2. The molecule has 3 N–H and O–H groups in total. The molecule has 7 nitrogen and oxygen atoms in total. The van der Waals surface area contributed by atoms with E-state index in [1.54, 1.807) is 24.3 Å². The van der Waals surface area contributed by atoms with Crippen molar-refractivity contribution in [2.45, 2.75) is 19.8 Å². The lowest BCUT2D eigenvalue weighted by molar-refractivity contribution is -0.116. The first-order valence-corrected chi connectivity index (χ1v) is 9.98. The molecule has 0 saturated carbocycles. The molecule has 1 amide bonds. The summed E-state index contributed by atoms with van der Waals surface area (Å²) in [5.74, 6) is -0.215. The third kappa shape index (κ3) is 4.96. The number of aromatic nitrogens is 2. The van der Waals surface area contributed by atoms with Crippen molar-refractivity contribution in [3.8, 4) is 5.75 Å². The minimum Gasteiger partial charge on any atom is -0.483 e. The van der Waals surface area contributed by atoms with Crippen molar-refractivity contribution < 1.29 is 14.6 Å². The van der Waals surface area contributed by atoms with Gasteiger partial charge in [0.1, 0.15) is 13.2 Å². The van der Waals surface area contributed by atoms with Gasteiger partial charge in [0.2, 0.25) is 11.3 Å². The Balaban J connectivity index is 1.50. The van der Waals surface area contributed by atoms with E-state index in [2.05, 4.69) is 10.3 Å². The average molecular weight is 438 g/mol. The molecule has 0 aliphatic carbocycles. The van der Waals surface area contributed by atoms with Gasteiger partial charge < -0.3 is 24.7 Å². The highest BCUT2D eigenvalue weighted by Gasteiger charge is 2.12. The average Bonchev–Trinajstić information content (AvgIpc) is 3.21. The van der Waals surface area contributed by atoms with Gasteiger partial charge in [-0.25, -0.2) is 0 Å². The second kappa shape index (κ2) is 9.07. The van der Waals surface area contributed by atoms with Crippen LogP contribution in [0.15, 0.2) is 71.8 Å². The van der Waals surface area contributed by atoms with Crippen molar-refractivity contribution in [3.05, 3.63) is 93.5 Å². The first kappa shape index (κ1) is 20.7. The zero-order chi connectivity index (χ0) is 21.8. The predicted molar refractivity (Wildman–Crippen MR) is 119 cm³/mol. The Morgan fingerprint density at radius 1 is 1.16 bits per heavy atom. The van der Waals surface area contributed by atoms with Gasteiger partial charge in [-0.05, 0) is 42.0 Å². The summed E-state index contributed by atoms with van der Waals surface area (Å²) < 4.78 is 7.15. The van der Waals surface area contributed by atoms with Crippen LogP contribution >= 0.6 is 11.6 Å². The molecule has 31 heavy (non-hydrogen) atoms. The van der Waals surface area contributed by atoms with E-state index in [9.17, 15) is 14.7 Å². The monoisotopic (exact) mass is 437 g/mol. The van der Waals surface area contributed by atoms with Crippen LogP contribution in [-0.4, -0.2) is 20.6 Å². The summed E-state index contributed by atoms with van der Waals surface area (Å²) in [5.41, 5.74) is 2.38. The maximum atomic E-state index is 12.6. The number of H-pyrrole nitrogens is 1. The van der Waals surface area contributed by atoms with Crippen molar-refractivity contribution in [2.75, 3.05) is 5.32 Å². The quantitative estimate of drug-likeness (QED) is 0.411. The largest absolute Gasteiger partial charge is 0.483 e. The Morgan fingerprint density at radius 3 is 2.84 bits per heavy atom. The van der Waals surface area contributed by atoms with E-state index in [1.165, 1.54) is 16.8 Å². The number of benzene rings is 2. The number of nitrogens with one attached hydrogen (secondary N) is 2. The predicted octanol–water partition coefficient (Wildman–Crippen LogP) is 3.69. The molecule has 4 rings (SSSR count). The van der Waals surface area contributed by atoms with Crippen LogP contribution in [0.1, 0.15) is 11.3 Å². The van der Waals surface area contributed by atoms with Crippen molar-refractivity contribution in [1.82, 2.24) is 9.55 Å². The van der Waals surface area contributed by atoms with Crippen molar-refractivity contribution in [2.24, 2.45) is 0 Å². The lowest BCUT2D eigenvalue weighted by Crippen LogP contribution is -2.23. The fraction of sp³-hybridized carbons (Fsp3) is 0.130. The van der Waals surface area contributed by atoms with E-state index in [1.807, 2.05) is 30.5 Å². The topological polar surface area (TPSA) is 96.3 Å². The third-order valence-electron chi connectivity index (χ3n) is 4.78. The SMILES string of the molecule is O=C(Cn1cc(OCc2cccc(Cl)c2)c(=O)cc1CO)Nc1ccc2[nH]ccc2c1. The van der Waals surface area contributed by atoms with E-state index in [0.717, 1.165) is 16.5 Å². The Bertz CT molecular complexity index is 1300. The summed E-state index contributed by atoms with van der Waals surface area (Å²) in [6.07, 6.45) is 3.27. The van der Waals surface area contributed by atoms with Crippen LogP contribution in [0.4, 0.5) is 5.69 Å². The van der Waals surface area contributed by atoms with E-state index in [4.69, 9.17) is 16.3 Å². The number of carbonyl (C=O) groups is 1. The number of aliphatic hydroxyl groups is 1. The number of carbonyl (C=O) groups excluding carboxylic acids is 1. The molecule has 8 heteroatoms. The number of anilines is 1. The lowest BCUT2D eigenvalue weighted by Gasteiger charge is -2.14. The number of aliphatic hydroxyl groups excluding tert-OH is 1. The second-order valence-corrected chi connectivity index (χ2v) is 7.46. The van der Waals surface area contributed by atoms with Crippen LogP contribution < -0.4 is 15.5 Å². The van der Waals surface area contributed by atoms with Crippen molar-refractivity contribution in [3.63, 3.8) is 0 Å². The molecule has 2 heterocycles. The Morgan fingerprint density at radius 2 is 2.03 bits per heavy atom. The van der Waals surface area contributed by atoms with Gasteiger partial charge >= 0.3 is 0 Å². The van der Waals surface area contributed by atoms with Crippen LogP contribution in [0.3, 0.4) is 0 Å². The fourth-order valence-electron chi connectivity index (χ4n) is 3.26. The fourth-order valence-corrected chi connectivity index (χ4v) is 3.47. The molecule has 0 spiro atoms. The normalized spacial score (nSPS) is 10.9. The van der Waals surface area contributed by atoms with E-state index >= 15 is 0 Å². The molecule has 0 bridgehead atoms. The van der Waals surface area contributed by atoms with E-state index < -0.39 is 0 Å². The summed E-state index contributed by atoms with van der Waals surface area (Å²) in [4.78, 5) is 28.0. The zero-order valence-corrected chi connectivity index (χ0v) is 17.2. The summed E-state index contributed by atoms with van der Waals surface area (Å²) in [6, 6.07) is 15.9. The number of hydrogen-bond donors (Lipinski definition) is 3. The number of pyridine rings is 1. The number of ether oxygens (including phenoxy) is 1. The van der Waals surface area contributed by atoms with E-state index in [-0.39, 0.29) is 36.8 Å². The van der Waals surface area contributed by atoms with Gasteiger partial charge in [0.15, 0.2) is 5.75 Å².